The lowest BCUT2D eigenvalue weighted by Crippen LogP contribution is -2.55. The Morgan fingerprint density at radius 1 is 1.33 bits per heavy atom. The second-order valence-corrected chi connectivity index (χ2v) is 7.73. The minimum atomic E-state index is -0.427. The molecule has 10 nitrogen and oxygen atoms in total. The number of hydrogen-bond donors (Lipinski definition) is 2. The first-order chi connectivity index (χ1) is 14.3. The van der Waals surface area contributed by atoms with Gasteiger partial charge >= 0.3 is 6.09 Å². The van der Waals surface area contributed by atoms with Crippen LogP contribution < -0.4 is 15.5 Å². The van der Waals surface area contributed by atoms with E-state index in [9.17, 15) is 9.59 Å². The van der Waals surface area contributed by atoms with Crippen molar-refractivity contribution in [3.8, 4) is 0 Å². The van der Waals surface area contributed by atoms with Gasteiger partial charge in [0, 0.05) is 32.9 Å². The Labute approximate surface area is 178 Å². The summed E-state index contributed by atoms with van der Waals surface area (Å²) in [5.41, 5.74) is 0.805. The predicted molar refractivity (Wildman–Crippen MR) is 117 cm³/mol. The number of nitrogens with one attached hydrogen (secondary N) is 2. The highest BCUT2D eigenvalue weighted by Crippen LogP contribution is 2.16. The molecule has 2 N–H and O–H groups in total. The summed E-state index contributed by atoms with van der Waals surface area (Å²) in [6.45, 7) is 10.9. The number of guanidine groups is 1. The second kappa shape index (κ2) is 11.4. The predicted octanol–water partition coefficient (Wildman–Crippen LogP) is 1.20. The first-order valence-corrected chi connectivity index (χ1v) is 10.6. The Bertz CT molecular complexity index is 732. The molecule has 1 atom stereocenters. The van der Waals surface area contributed by atoms with Crippen LogP contribution in [0.1, 0.15) is 34.1 Å². The van der Waals surface area contributed by atoms with Crippen LogP contribution in [0.2, 0.25) is 0 Å². The molecule has 0 saturated carbocycles. The van der Waals surface area contributed by atoms with E-state index in [2.05, 4.69) is 29.6 Å². The van der Waals surface area contributed by atoms with E-state index in [1.54, 1.807) is 22.7 Å². The van der Waals surface area contributed by atoms with Gasteiger partial charge in [0.05, 0.1) is 31.1 Å². The highest BCUT2D eigenvalue weighted by atomic mass is 16.5. The number of aromatic nitrogens is 2. The molecule has 0 aromatic carbocycles. The van der Waals surface area contributed by atoms with Crippen LogP contribution in [-0.2, 0) is 16.6 Å². The quantitative estimate of drug-likeness (QED) is 0.483. The number of aliphatic imine (C=N–C) groups is 1. The van der Waals surface area contributed by atoms with Gasteiger partial charge in [0.2, 0.25) is 5.91 Å². The van der Waals surface area contributed by atoms with Crippen LogP contribution in [0.5, 0.6) is 0 Å². The molecule has 0 spiro atoms. The zero-order valence-corrected chi connectivity index (χ0v) is 18.7. The van der Waals surface area contributed by atoms with E-state index < -0.39 is 6.09 Å². The Morgan fingerprint density at radius 2 is 2.10 bits per heavy atom. The SMILES string of the molecule is CCNC(=NCC(CC(C)C)NC(=O)OCC)N1CCN(c2cnn(C)c2)C(=O)C1. The smallest absolute Gasteiger partial charge is 0.407 e. The number of ether oxygens (including phenoxy) is 1. The normalized spacial score (nSPS) is 16.1. The van der Waals surface area contributed by atoms with E-state index in [1.807, 2.05) is 25.1 Å². The summed E-state index contributed by atoms with van der Waals surface area (Å²) in [6.07, 6.45) is 3.90. The first kappa shape index (κ1) is 23.5. The van der Waals surface area contributed by atoms with Gasteiger partial charge in [-0.05, 0) is 26.2 Å². The molecular formula is C20H35N7O3. The highest BCUT2D eigenvalue weighted by molar-refractivity contribution is 5.98. The fraction of sp³-hybridized carbons (Fsp3) is 0.700. The maximum Gasteiger partial charge on any atom is 0.407 e. The number of anilines is 1. The van der Waals surface area contributed by atoms with Crippen molar-refractivity contribution >= 4 is 23.6 Å². The fourth-order valence-electron chi connectivity index (χ4n) is 3.38. The highest BCUT2D eigenvalue weighted by Gasteiger charge is 2.28. The number of aryl methyl sites for hydroxylation is 1. The number of hydrogen-bond acceptors (Lipinski definition) is 5. The molecule has 10 heteroatoms. The number of alkyl carbamates (subject to hydrolysis) is 1. The van der Waals surface area contributed by atoms with Gasteiger partial charge in [-0.2, -0.15) is 5.10 Å². The summed E-state index contributed by atoms with van der Waals surface area (Å²) < 4.78 is 6.70. The largest absolute Gasteiger partial charge is 0.450 e. The van der Waals surface area contributed by atoms with Crippen LogP contribution in [0.4, 0.5) is 10.5 Å². The van der Waals surface area contributed by atoms with Crippen molar-refractivity contribution < 1.29 is 14.3 Å². The average Bonchev–Trinajstić information content (AvgIpc) is 3.10. The molecule has 1 aliphatic heterocycles. The number of carbonyl (C=O) groups is 2. The molecule has 168 valence electrons. The summed E-state index contributed by atoms with van der Waals surface area (Å²) in [4.78, 5) is 33.0. The molecule has 2 heterocycles. The molecule has 2 rings (SSSR count). The van der Waals surface area contributed by atoms with E-state index in [4.69, 9.17) is 9.73 Å². The van der Waals surface area contributed by atoms with Crippen molar-refractivity contribution in [2.75, 3.05) is 44.2 Å². The molecular weight excluding hydrogens is 386 g/mol. The van der Waals surface area contributed by atoms with Gasteiger partial charge in [0.1, 0.15) is 6.54 Å². The molecule has 30 heavy (non-hydrogen) atoms. The lowest BCUT2D eigenvalue weighted by atomic mass is 10.0. The van der Waals surface area contributed by atoms with E-state index in [-0.39, 0.29) is 18.5 Å². The van der Waals surface area contributed by atoms with E-state index in [0.29, 0.717) is 44.7 Å². The van der Waals surface area contributed by atoms with Gasteiger partial charge in [-0.15, -0.1) is 0 Å². The van der Waals surface area contributed by atoms with E-state index in [1.165, 1.54) is 0 Å². The molecule has 1 aromatic heterocycles. The number of rotatable bonds is 8. The molecule has 1 unspecified atom stereocenters. The third-order valence-corrected chi connectivity index (χ3v) is 4.67. The van der Waals surface area contributed by atoms with Gasteiger partial charge in [0.15, 0.2) is 5.96 Å². The van der Waals surface area contributed by atoms with Crippen LogP contribution in [0.25, 0.3) is 0 Å². The Morgan fingerprint density at radius 3 is 2.67 bits per heavy atom. The monoisotopic (exact) mass is 421 g/mol. The molecule has 1 aromatic rings. The van der Waals surface area contributed by atoms with Crippen LogP contribution in [0.3, 0.4) is 0 Å². The topological polar surface area (TPSA) is 104 Å². The Balaban J connectivity index is 2.04. The van der Waals surface area contributed by atoms with Crippen LogP contribution >= 0.6 is 0 Å². The fourth-order valence-corrected chi connectivity index (χ4v) is 3.38. The summed E-state index contributed by atoms with van der Waals surface area (Å²) >= 11 is 0. The van der Waals surface area contributed by atoms with Crippen molar-refractivity contribution in [3.05, 3.63) is 12.4 Å². The minimum absolute atomic E-state index is 0.00299. The zero-order chi connectivity index (χ0) is 22.1. The summed E-state index contributed by atoms with van der Waals surface area (Å²) in [6, 6.07) is -0.134. The third kappa shape index (κ3) is 6.93. The van der Waals surface area contributed by atoms with Crippen LogP contribution in [0.15, 0.2) is 17.4 Å². The summed E-state index contributed by atoms with van der Waals surface area (Å²) in [5.74, 6) is 1.08. The van der Waals surface area contributed by atoms with Crippen LogP contribution in [-0.4, -0.2) is 78.0 Å². The van der Waals surface area contributed by atoms with E-state index in [0.717, 1.165) is 12.1 Å². The van der Waals surface area contributed by atoms with Crippen LogP contribution in [0, 0.1) is 5.92 Å². The molecule has 1 saturated heterocycles. The van der Waals surface area contributed by atoms with Gasteiger partial charge in [-0.25, -0.2) is 4.79 Å². The molecule has 1 fully saturated rings. The Kier molecular flexibility index (Phi) is 8.94. The van der Waals surface area contributed by atoms with Crippen molar-refractivity contribution in [1.82, 2.24) is 25.3 Å². The average molecular weight is 422 g/mol. The van der Waals surface area contributed by atoms with Gasteiger partial charge in [-0.3, -0.25) is 14.5 Å². The first-order valence-electron chi connectivity index (χ1n) is 10.6. The zero-order valence-electron chi connectivity index (χ0n) is 18.7. The maximum absolute atomic E-state index is 12.7. The molecule has 2 amide bonds. The van der Waals surface area contributed by atoms with Gasteiger partial charge in [-0.1, -0.05) is 13.8 Å². The minimum Gasteiger partial charge on any atom is -0.450 e. The number of carbonyl (C=O) groups excluding carboxylic acids is 2. The summed E-state index contributed by atoms with van der Waals surface area (Å²) in [5, 5.41) is 10.3. The molecule has 0 radical (unpaired) electrons. The van der Waals surface area contributed by atoms with Gasteiger partial charge in [0.25, 0.3) is 0 Å². The van der Waals surface area contributed by atoms with Gasteiger partial charge < -0.3 is 25.2 Å². The van der Waals surface area contributed by atoms with E-state index >= 15 is 0 Å². The van der Waals surface area contributed by atoms with Crippen molar-refractivity contribution in [2.45, 2.75) is 40.2 Å². The van der Waals surface area contributed by atoms with Crippen molar-refractivity contribution in [1.29, 1.82) is 0 Å². The second-order valence-electron chi connectivity index (χ2n) is 7.73. The molecule has 0 bridgehead atoms. The maximum atomic E-state index is 12.7. The number of piperazine rings is 1. The molecule has 0 aliphatic carbocycles. The number of amides is 2. The summed E-state index contributed by atoms with van der Waals surface area (Å²) in [7, 11) is 1.83. The molecule has 1 aliphatic rings. The van der Waals surface area contributed by atoms with Crippen molar-refractivity contribution in [3.63, 3.8) is 0 Å². The Hall–Kier alpha value is -2.78. The third-order valence-electron chi connectivity index (χ3n) is 4.67. The lowest BCUT2D eigenvalue weighted by molar-refractivity contribution is -0.120. The number of nitrogens with zero attached hydrogens (tertiary/aromatic N) is 5. The standard InChI is InChI=1S/C20H35N7O3/c1-6-21-19(22-11-16(10-15(3)4)24-20(29)30-7-2)26-8-9-27(18(28)14-26)17-12-23-25(5)13-17/h12-13,15-16H,6-11,14H2,1-5H3,(H,21,22)(H,24,29). The van der Waals surface area contributed by atoms with Crippen molar-refractivity contribution in [2.24, 2.45) is 18.0 Å². The lowest BCUT2D eigenvalue weighted by Gasteiger charge is -2.35.